The number of hydrogen-bond donors (Lipinski definition) is 0. The summed E-state index contributed by atoms with van der Waals surface area (Å²) in [6.45, 7) is 2.49. The Kier molecular flexibility index (Phi) is 3.92. The zero-order valence-electron chi connectivity index (χ0n) is 12.7. The Morgan fingerprint density at radius 2 is 2.32 bits per heavy atom. The number of aromatic nitrogens is 2. The van der Waals surface area contributed by atoms with Crippen molar-refractivity contribution in [1.29, 1.82) is 0 Å². The van der Waals surface area contributed by atoms with Gasteiger partial charge in [0.25, 0.3) is 0 Å². The van der Waals surface area contributed by atoms with E-state index in [1.807, 2.05) is 4.90 Å². The molecule has 0 radical (unpaired) electrons. The number of carbonyl (C=O) groups excluding carboxylic acids is 1. The van der Waals surface area contributed by atoms with Crippen LogP contribution in [0.4, 0.5) is 0 Å². The molecule has 0 bridgehead atoms. The van der Waals surface area contributed by atoms with E-state index in [-0.39, 0.29) is 11.9 Å². The van der Waals surface area contributed by atoms with E-state index in [1.54, 1.807) is 6.92 Å². The van der Waals surface area contributed by atoms with Crippen molar-refractivity contribution < 1.29 is 9.32 Å². The second kappa shape index (κ2) is 5.87. The molecule has 1 aromatic rings. The summed E-state index contributed by atoms with van der Waals surface area (Å²) in [5.74, 6) is 3.82. The summed E-state index contributed by atoms with van der Waals surface area (Å²) in [4.78, 5) is 18.6. The van der Waals surface area contributed by atoms with Gasteiger partial charge >= 0.3 is 0 Å². The van der Waals surface area contributed by atoms with E-state index in [1.165, 1.54) is 0 Å². The Labute approximate surface area is 129 Å². The molecule has 116 valence electrons. The van der Waals surface area contributed by atoms with Gasteiger partial charge in [0.1, 0.15) is 0 Å². The van der Waals surface area contributed by atoms with Crippen molar-refractivity contribution in [3.05, 3.63) is 11.7 Å². The lowest BCUT2D eigenvalue weighted by Gasteiger charge is -2.22. The second-order valence-corrected chi connectivity index (χ2v) is 5.80. The summed E-state index contributed by atoms with van der Waals surface area (Å²) in [6, 6.07) is -0.0697. The molecule has 22 heavy (non-hydrogen) atoms. The van der Waals surface area contributed by atoms with E-state index < -0.39 is 5.66 Å². The number of hydrogen-bond acceptors (Lipinski definition) is 6. The van der Waals surface area contributed by atoms with Crippen LogP contribution in [0.5, 0.6) is 0 Å². The number of terminal acetylenes is 1. The maximum Gasteiger partial charge on any atom is 0.223 e. The first-order valence-corrected chi connectivity index (χ1v) is 7.61. The van der Waals surface area contributed by atoms with Gasteiger partial charge in [-0.2, -0.15) is 15.2 Å². The molecule has 7 heteroatoms. The van der Waals surface area contributed by atoms with Gasteiger partial charge in [0, 0.05) is 39.2 Å². The van der Waals surface area contributed by atoms with E-state index in [0.29, 0.717) is 31.0 Å². The molecule has 1 aromatic heterocycles. The Balaban J connectivity index is 1.56. The standard InChI is InChI=1S/C15H19N5O2/c1-3-4-8-15(18-19-15)9-7-13(21)20-10-5-6-12(20)14-16-11(2)22-17-14/h1,12H,4-10H2,2H3. The van der Waals surface area contributed by atoms with Crippen LogP contribution in [0.2, 0.25) is 0 Å². The van der Waals surface area contributed by atoms with Crippen molar-refractivity contribution in [3.8, 4) is 12.3 Å². The fourth-order valence-electron chi connectivity index (χ4n) is 2.90. The monoisotopic (exact) mass is 301 g/mol. The van der Waals surface area contributed by atoms with Crippen LogP contribution in [0.1, 0.15) is 56.3 Å². The van der Waals surface area contributed by atoms with Gasteiger partial charge in [0.05, 0.1) is 6.04 Å². The molecule has 3 heterocycles. The topological polar surface area (TPSA) is 84.0 Å². The lowest BCUT2D eigenvalue weighted by molar-refractivity contribution is -0.132. The zero-order chi connectivity index (χ0) is 15.6. The smallest absolute Gasteiger partial charge is 0.223 e. The largest absolute Gasteiger partial charge is 0.340 e. The van der Waals surface area contributed by atoms with Crippen LogP contribution in [-0.2, 0) is 4.79 Å². The molecule has 1 saturated heterocycles. The van der Waals surface area contributed by atoms with Crippen LogP contribution in [0.25, 0.3) is 0 Å². The van der Waals surface area contributed by atoms with Crippen LogP contribution >= 0.6 is 0 Å². The lowest BCUT2D eigenvalue weighted by atomic mass is 10.0. The number of rotatable bonds is 6. The van der Waals surface area contributed by atoms with Gasteiger partial charge in [-0.1, -0.05) is 5.16 Å². The SMILES string of the molecule is C#CCCC1(CCC(=O)N2CCCC2c2noc(C)n2)N=N1. The number of likely N-dealkylation sites (tertiary alicyclic amines) is 1. The highest BCUT2D eigenvalue weighted by Gasteiger charge is 2.41. The third kappa shape index (κ3) is 3.01. The molecule has 0 spiro atoms. The number of nitrogens with zero attached hydrogens (tertiary/aromatic N) is 5. The van der Waals surface area contributed by atoms with Crippen LogP contribution in [0.3, 0.4) is 0 Å². The maximum absolute atomic E-state index is 12.5. The maximum atomic E-state index is 12.5. The normalized spacial score (nSPS) is 21.8. The van der Waals surface area contributed by atoms with Crippen molar-refractivity contribution >= 4 is 5.91 Å². The summed E-state index contributed by atoms with van der Waals surface area (Å²) < 4.78 is 5.03. The van der Waals surface area contributed by atoms with Gasteiger partial charge in [0.2, 0.25) is 11.8 Å². The average Bonchev–Trinajstić information content (AvgIpc) is 2.91. The molecule has 0 N–H and O–H groups in total. The predicted octanol–water partition coefficient (Wildman–Crippen LogP) is 2.40. The molecule has 2 aliphatic heterocycles. The van der Waals surface area contributed by atoms with Crippen molar-refractivity contribution in [3.63, 3.8) is 0 Å². The van der Waals surface area contributed by atoms with Gasteiger partial charge in [0.15, 0.2) is 11.5 Å². The number of carbonyl (C=O) groups is 1. The van der Waals surface area contributed by atoms with Gasteiger partial charge in [-0.25, -0.2) is 0 Å². The van der Waals surface area contributed by atoms with E-state index in [2.05, 4.69) is 26.3 Å². The lowest BCUT2D eigenvalue weighted by Crippen LogP contribution is -2.32. The van der Waals surface area contributed by atoms with Gasteiger partial charge in [-0.05, 0) is 12.8 Å². The zero-order valence-corrected chi connectivity index (χ0v) is 12.7. The highest BCUT2D eigenvalue weighted by atomic mass is 16.5. The Morgan fingerprint density at radius 1 is 1.50 bits per heavy atom. The molecule has 7 nitrogen and oxygen atoms in total. The van der Waals surface area contributed by atoms with Crippen LogP contribution < -0.4 is 0 Å². The molecule has 1 amide bonds. The van der Waals surface area contributed by atoms with E-state index >= 15 is 0 Å². The summed E-state index contributed by atoms with van der Waals surface area (Å²) in [5, 5.41) is 12.1. The minimum Gasteiger partial charge on any atom is -0.340 e. The third-order valence-electron chi connectivity index (χ3n) is 4.21. The van der Waals surface area contributed by atoms with E-state index in [0.717, 1.165) is 25.8 Å². The van der Waals surface area contributed by atoms with Crippen molar-refractivity contribution in [2.75, 3.05) is 6.54 Å². The summed E-state index contributed by atoms with van der Waals surface area (Å²) >= 11 is 0. The molecule has 1 atom stereocenters. The van der Waals surface area contributed by atoms with Crippen molar-refractivity contribution in [2.24, 2.45) is 10.2 Å². The third-order valence-corrected chi connectivity index (χ3v) is 4.21. The second-order valence-electron chi connectivity index (χ2n) is 5.80. The minimum absolute atomic E-state index is 0.0697. The number of aryl methyl sites for hydroxylation is 1. The molecule has 3 rings (SSSR count). The Morgan fingerprint density at radius 3 is 2.95 bits per heavy atom. The van der Waals surface area contributed by atoms with Gasteiger partial charge in [-0.15, -0.1) is 12.3 Å². The Hall–Kier alpha value is -2.23. The van der Waals surface area contributed by atoms with Crippen molar-refractivity contribution in [2.45, 2.75) is 57.2 Å². The first-order chi connectivity index (χ1) is 10.6. The van der Waals surface area contributed by atoms with Crippen LogP contribution in [-0.4, -0.2) is 33.2 Å². The van der Waals surface area contributed by atoms with Crippen LogP contribution in [0, 0.1) is 19.3 Å². The van der Waals surface area contributed by atoms with E-state index in [9.17, 15) is 4.79 Å². The first kappa shape index (κ1) is 14.7. The minimum atomic E-state index is -0.403. The Bertz CT molecular complexity index is 624. The molecule has 1 fully saturated rings. The summed E-state index contributed by atoms with van der Waals surface area (Å²) in [5.41, 5.74) is -0.403. The molecule has 2 aliphatic rings. The fourth-order valence-corrected chi connectivity index (χ4v) is 2.90. The summed E-state index contributed by atoms with van der Waals surface area (Å²) in [7, 11) is 0. The van der Waals surface area contributed by atoms with Crippen LogP contribution in [0.15, 0.2) is 14.8 Å². The molecular weight excluding hydrogens is 282 g/mol. The first-order valence-electron chi connectivity index (χ1n) is 7.61. The highest BCUT2D eigenvalue weighted by Crippen LogP contribution is 2.38. The average molecular weight is 301 g/mol. The molecular formula is C15H19N5O2. The quantitative estimate of drug-likeness (QED) is 0.755. The molecule has 1 unspecified atom stereocenters. The van der Waals surface area contributed by atoms with Gasteiger partial charge in [-0.3, -0.25) is 4.79 Å². The number of amides is 1. The fraction of sp³-hybridized carbons (Fsp3) is 0.667. The van der Waals surface area contributed by atoms with Crippen molar-refractivity contribution in [1.82, 2.24) is 15.0 Å². The van der Waals surface area contributed by atoms with Gasteiger partial charge < -0.3 is 9.42 Å². The molecule has 0 aliphatic carbocycles. The molecule has 0 saturated carbocycles. The molecule has 0 aromatic carbocycles. The summed E-state index contributed by atoms with van der Waals surface area (Å²) in [6.07, 6.45) is 9.52. The highest BCUT2D eigenvalue weighted by molar-refractivity contribution is 5.77. The predicted molar refractivity (Wildman–Crippen MR) is 77.6 cm³/mol. The van der Waals surface area contributed by atoms with E-state index in [4.69, 9.17) is 10.9 Å².